The number of rotatable bonds is 6. The minimum absolute atomic E-state index is 0.195. The predicted molar refractivity (Wildman–Crippen MR) is 112 cm³/mol. The summed E-state index contributed by atoms with van der Waals surface area (Å²) in [5.41, 5.74) is 2.23. The Morgan fingerprint density at radius 3 is 2.10 bits per heavy atom. The van der Waals surface area contributed by atoms with E-state index in [0.717, 1.165) is 30.0 Å². The number of benzene rings is 2. The van der Waals surface area contributed by atoms with Gasteiger partial charge in [0.05, 0.1) is 13.1 Å². The third-order valence-corrected chi connectivity index (χ3v) is 7.03. The molecule has 2 saturated heterocycles. The molecule has 3 atom stereocenters. The van der Waals surface area contributed by atoms with Crippen LogP contribution in [0, 0.1) is 11.6 Å². The molecular weight excluding hydrogens is 366 g/mol. The molecule has 0 radical (unpaired) electrons. The molecule has 29 heavy (non-hydrogen) atoms. The van der Waals surface area contributed by atoms with Gasteiger partial charge in [0.25, 0.3) is 0 Å². The van der Waals surface area contributed by atoms with Crippen molar-refractivity contribution < 1.29 is 18.6 Å². The molecule has 4 heteroatoms. The van der Waals surface area contributed by atoms with Crippen molar-refractivity contribution in [3.05, 3.63) is 71.3 Å². The number of fused-ring (bicyclic) bond motifs is 1. The van der Waals surface area contributed by atoms with Crippen LogP contribution in [-0.2, 0) is 0 Å². The normalized spacial score (nSPS) is 24.9. The first kappa shape index (κ1) is 20.5. The van der Waals surface area contributed by atoms with Crippen molar-refractivity contribution in [2.24, 2.45) is 0 Å². The average Bonchev–Trinajstić information content (AvgIpc) is 2.98. The Morgan fingerprint density at radius 2 is 1.45 bits per heavy atom. The number of hydrogen-bond donors (Lipinski definition) is 2. The SMILES string of the molecule is Fc1ccc(C(CCC[NH+]2CC[NH+]3CCCCCC3C2)c2ccc(F)cc2)cc1. The second kappa shape index (κ2) is 9.82. The molecule has 2 aromatic rings. The van der Waals surface area contributed by atoms with E-state index in [9.17, 15) is 8.78 Å². The highest BCUT2D eigenvalue weighted by molar-refractivity contribution is 5.32. The van der Waals surface area contributed by atoms with Crippen molar-refractivity contribution in [3.63, 3.8) is 0 Å². The lowest BCUT2D eigenvalue weighted by Gasteiger charge is -2.35. The van der Waals surface area contributed by atoms with Gasteiger partial charge in [-0.05, 0) is 67.5 Å². The van der Waals surface area contributed by atoms with E-state index in [-0.39, 0.29) is 17.6 Å². The Kier molecular flexibility index (Phi) is 6.94. The van der Waals surface area contributed by atoms with Crippen molar-refractivity contribution in [1.29, 1.82) is 0 Å². The Morgan fingerprint density at radius 1 is 0.793 bits per heavy atom. The summed E-state index contributed by atoms with van der Waals surface area (Å²) in [4.78, 5) is 3.60. The molecule has 0 spiro atoms. The van der Waals surface area contributed by atoms with Gasteiger partial charge < -0.3 is 9.80 Å². The molecule has 156 valence electrons. The van der Waals surface area contributed by atoms with E-state index < -0.39 is 0 Å². The van der Waals surface area contributed by atoms with Crippen molar-refractivity contribution >= 4 is 0 Å². The molecular formula is C25H34F2N2+2. The maximum atomic E-state index is 13.4. The highest BCUT2D eigenvalue weighted by atomic mass is 19.1. The zero-order valence-corrected chi connectivity index (χ0v) is 17.3. The Balaban J connectivity index is 1.38. The Labute approximate surface area is 173 Å². The summed E-state index contributed by atoms with van der Waals surface area (Å²) in [5, 5.41) is 0. The van der Waals surface area contributed by atoms with Gasteiger partial charge >= 0.3 is 0 Å². The summed E-state index contributed by atoms with van der Waals surface area (Å²) in [6, 6.07) is 14.5. The molecule has 0 aromatic heterocycles. The lowest BCUT2D eigenvalue weighted by Crippen LogP contribution is -3.30. The molecule has 2 fully saturated rings. The zero-order chi connectivity index (χ0) is 20.1. The quantitative estimate of drug-likeness (QED) is 0.738. The van der Waals surface area contributed by atoms with Crippen LogP contribution in [-0.4, -0.2) is 38.8 Å². The molecule has 0 aliphatic carbocycles. The minimum atomic E-state index is -0.208. The standard InChI is InChI=1S/C25H32F2N2/c26-22-11-7-20(8-12-22)25(21-9-13-23(27)14-10-21)6-4-15-28-17-18-29-16-3-1-2-5-24(29)19-28/h7-14,24-25H,1-6,15-19H2/p+2. The predicted octanol–water partition coefficient (Wildman–Crippen LogP) is 2.60. The molecule has 0 saturated carbocycles. The molecule has 4 rings (SSSR count). The molecule has 2 N–H and O–H groups in total. The Hall–Kier alpha value is -1.78. The number of quaternary nitrogens is 2. The number of nitrogens with one attached hydrogen (secondary N) is 2. The summed E-state index contributed by atoms with van der Waals surface area (Å²) < 4.78 is 26.8. The number of piperazine rings is 1. The third kappa shape index (κ3) is 5.43. The number of halogens is 2. The fourth-order valence-electron chi connectivity index (χ4n) is 5.39. The van der Waals surface area contributed by atoms with Gasteiger partial charge in [-0.15, -0.1) is 0 Å². The molecule has 2 aromatic carbocycles. The van der Waals surface area contributed by atoms with Gasteiger partial charge in [0.2, 0.25) is 0 Å². The van der Waals surface area contributed by atoms with Crippen LogP contribution >= 0.6 is 0 Å². The molecule has 2 aliphatic rings. The summed E-state index contributed by atoms with van der Waals surface area (Å²) in [6.45, 7) is 6.48. The first-order valence-corrected chi connectivity index (χ1v) is 11.4. The minimum Gasteiger partial charge on any atom is -0.325 e. The van der Waals surface area contributed by atoms with Gasteiger partial charge in [-0.3, -0.25) is 0 Å². The molecule has 0 bridgehead atoms. The van der Waals surface area contributed by atoms with Crippen LogP contribution in [0.25, 0.3) is 0 Å². The molecule has 3 unspecified atom stereocenters. The fraction of sp³-hybridized carbons (Fsp3) is 0.520. The largest absolute Gasteiger partial charge is 0.325 e. The van der Waals surface area contributed by atoms with E-state index in [1.807, 2.05) is 29.2 Å². The molecule has 2 nitrogen and oxygen atoms in total. The number of hydrogen-bond acceptors (Lipinski definition) is 0. The van der Waals surface area contributed by atoms with Gasteiger partial charge in [-0.1, -0.05) is 24.3 Å². The topological polar surface area (TPSA) is 8.88 Å². The van der Waals surface area contributed by atoms with Crippen molar-refractivity contribution in [3.8, 4) is 0 Å². The average molecular weight is 401 g/mol. The van der Waals surface area contributed by atoms with Gasteiger partial charge in [0.1, 0.15) is 37.3 Å². The maximum Gasteiger partial charge on any atom is 0.137 e. The van der Waals surface area contributed by atoms with E-state index >= 15 is 0 Å². The monoisotopic (exact) mass is 400 g/mol. The van der Waals surface area contributed by atoms with Crippen molar-refractivity contribution in [2.75, 3.05) is 32.7 Å². The van der Waals surface area contributed by atoms with Crippen LogP contribution in [0.3, 0.4) is 0 Å². The van der Waals surface area contributed by atoms with E-state index in [0.29, 0.717) is 0 Å². The summed E-state index contributed by atoms with van der Waals surface area (Å²) in [7, 11) is 0. The molecule has 0 amide bonds. The van der Waals surface area contributed by atoms with Crippen molar-refractivity contribution in [1.82, 2.24) is 0 Å². The van der Waals surface area contributed by atoms with Gasteiger partial charge in [-0.25, -0.2) is 8.78 Å². The Bertz CT molecular complexity index is 714. The van der Waals surface area contributed by atoms with E-state index in [1.165, 1.54) is 82.7 Å². The highest BCUT2D eigenvalue weighted by Gasteiger charge is 2.33. The van der Waals surface area contributed by atoms with E-state index in [1.54, 1.807) is 4.90 Å². The van der Waals surface area contributed by atoms with Crippen LogP contribution in [0.1, 0.15) is 55.6 Å². The summed E-state index contributed by atoms with van der Waals surface area (Å²) >= 11 is 0. The zero-order valence-electron chi connectivity index (χ0n) is 17.3. The van der Waals surface area contributed by atoms with Gasteiger partial charge in [-0.2, -0.15) is 0 Å². The first-order chi connectivity index (χ1) is 14.2. The molecule has 2 heterocycles. The lowest BCUT2D eigenvalue weighted by atomic mass is 9.87. The fourth-order valence-corrected chi connectivity index (χ4v) is 5.39. The lowest BCUT2D eigenvalue weighted by molar-refractivity contribution is -1.03. The molecule has 2 aliphatic heterocycles. The van der Waals surface area contributed by atoms with Gasteiger partial charge in [0.15, 0.2) is 0 Å². The second-order valence-corrected chi connectivity index (χ2v) is 8.96. The summed E-state index contributed by atoms with van der Waals surface area (Å²) in [6.07, 6.45) is 7.76. The first-order valence-electron chi connectivity index (χ1n) is 11.4. The van der Waals surface area contributed by atoms with Crippen LogP contribution in [0.5, 0.6) is 0 Å². The van der Waals surface area contributed by atoms with Crippen LogP contribution < -0.4 is 9.80 Å². The second-order valence-electron chi connectivity index (χ2n) is 8.96. The van der Waals surface area contributed by atoms with Crippen molar-refractivity contribution in [2.45, 2.75) is 50.5 Å². The van der Waals surface area contributed by atoms with Gasteiger partial charge in [0, 0.05) is 12.3 Å². The van der Waals surface area contributed by atoms with Crippen LogP contribution in [0.2, 0.25) is 0 Å². The van der Waals surface area contributed by atoms with E-state index in [2.05, 4.69) is 0 Å². The maximum absolute atomic E-state index is 13.4. The highest BCUT2D eigenvalue weighted by Crippen LogP contribution is 2.29. The smallest absolute Gasteiger partial charge is 0.137 e. The summed E-state index contributed by atoms with van der Waals surface area (Å²) in [5.74, 6) is -0.222. The van der Waals surface area contributed by atoms with Crippen LogP contribution in [0.4, 0.5) is 8.78 Å². The van der Waals surface area contributed by atoms with E-state index in [4.69, 9.17) is 0 Å². The van der Waals surface area contributed by atoms with Crippen LogP contribution in [0.15, 0.2) is 48.5 Å². The third-order valence-electron chi connectivity index (χ3n) is 7.03.